The lowest BCUT2D eigenvalue weighted by Gasteiger charge is -2.19. The molecule has 0 unspecified atom stereocenters. The van der Waals surface area contributed by atoms with Crippen molar-refractivity contribution in [3.8, 4) is 34.6 Å². The highest BCUT2D eigenvalue weighted by molar-refractivity contribution is 6.32. The minimum atomic E-state index is -0.338. The Hall–Kier alpha value is -4.58. The van der Waals surface area contributed by atoms with Crippen LogP contribution in [-0.2, 0) is 44.9 Å². The second-order valence-electron chi connectivity index (χ2n) is 13.0. The quantitative estimate of drug-likeness (QED) is 0.104. The highest BCUT2D eigenvalue weighted by atomic mass is 35.5. The molecular formula is C41H45Cl2N3O8. The molecule has 2 aliphatic rings. The molecule has 0 aliphatic heterocycles. The molecule has 0 fully saturated rings. The van der Waals surface area contributed by atoms with Gasteiger partial charge in [-0.05, 0) is 97.9 Å². The molecule has 0 radical (unpaired) electrons. The fraction of sp³-hybridized carbons (Fsp3) is 0.415. The van der Waals surface area contributed by atoms with Crippen LogP contribution in [-0.4, -0.2) is 55.9 Å². The summed E-state index contributed by atoms with van der Waals surface area (Å²) in [6.07, 6.45) is 4.19. The van der Waals surface area contributed by atoms with Crippen molar-refractivity contribution in [1.82, 2.24) is 15.3 Å². The van der Waals surface area contributed by atoms with Crippen molar-refractivity contribution in [2.75, 3.05) is 34.0 Å². The van der Waals surface area contributed by atoms with Crippen molar-refractivity contribution in [3.05, 3.63) is 92.0 Å². The number of ether oxygens (including phenoxy) is 6. The van der Waals surface area contributed by atoms with Crippen LogP contribution in [0.4, 0.5) is 0 Å². The molecule has 4 aromatic rings. The van der Waals surface area contributed by atoms with E-state index < -0.39 is 0 Å². The minimum absolute atomic E-state index is 0.0584. The van der Waals surface area contributed by atoms with Gasteiger partial charge in [0.25, 0.3) is 0 Å². The van der Waals surface area contributed by atoms with Crippen LogP contribution in [0.15, 0.2) is 48.5 Å². The predicted octanol–water partition coefficient (Wildman–Crippen LogP) is 8.14. The van der Waals surface area contributed by atoms with Crippen molar-refractivity contribution in [3.63, 3.8) is 0 Å². The zero-order valence-electron chi connectivity index (χ0n) is 31.0. The Morgan fingerprint density at radius 2 is 1.26 bits per heavy atom. The number of hydrogen-bond acceptors (Lipinski definition) is 11. The van der Waals surface area contributed by atoms with Gasteiger partial charge in [-0.3, -0.25) is 9.59 Å². The lowest BCUT2D eigenvalue weighted by Crippen LogP contribution is -2.24. The largest absolute Gasteiger partial charge is 0.481 e. The first-order valence-corrected chi connectivity index (χ1v) is 19.1. The van der Waals surface area contributed by atoms with Gasteiger partial charge in [-0.1, -0.05) is 59.6 Å². The molecule has 2 aromatic carbocycles. The molecule has 6 rings (SSSR count). The van der Waals surface area contributed by atoms with E-state index in [0.717, 1.165) is 42.4 Å². The number of aromatic nitrogens is 2. The summed E-state index contributed by atoms with van der Waals surface area (Å²) in [5, 5.41) is 3.79. The van der Waals surface area contributed by atoms with Gasteiger partial charge in [0, 0.05) is 24.1 Å². The molecule has 0 bridgehead atoms. The van der Waals surface area contributed by atoms with Gasteiger partial charge in [0.05, 0.1) is 34.0 Å². The van der Waals surface area contributed by atoms with Gasteiger partial charge in [0.2, 0.25) is 23.5 Å². The summed E-state index contributed by atoms with van der Waals surface area (Å²) in [5.74, 6) is 0.834. The molecule has 13 heteroatoms. The number of carbonyl (C=O) groups is 2. The van der Waals surface area contributed by atoms with Crippen LogP contribution in [0.1, 0.15) is 85.1 Å². The van der Waals surface area contributed by atoms with Gasteiger partial charge in [-0.25, -0.2) is 0 Å². The average Bonchev–Trinajstić information content (AvgIpc) is 3.77. The summed E-state index contributed by atoms with van der Waals surface area (Å²) in [5.41, 5.74) is 8.51. The van der Waals surface area contributed by atoms with E-state index in [1.54, 1.807) is 27.0 Å². The second-order valence-corrected chi connectivity index (χ2v) is 13.8. The minimum Gasteiger partial charge on any atom is -0.481 e. The van der Waals surface area contributed by atoms with Crippen LogP contribution >= 0.6 is 23.2 Å². The van der Waals surface area contributed by atoms with E-state index in [2.05, 4.69) is 51.7 Å². The number of nitrogens with zero attached hydrogens (tertiary/aromatic N) is 2. The lowest BCUT2D eigenvalue weighted by molar-refractivity contribution is -0.143. The first-order chi connectivity index (χ1) is 26.2. The van der Waals surface area contributed by atoms with Crippen LogP contribution in [0.3, 0.4) is 0 Å². The third-order valence-corrected chi connectivity index (χ3v) is 10.1. The van der Waals surface area contributed by atoms with Crippen molar-refractivity contribution in [2.24, 2.45) is 0 Å². The van der Waals surface area contributed by atoms with E-state index in [-0.39, 0.29) is 30.7 Å². The van der Waals surface area contributed by atoms with E-state index in [9.17, 15) is 9.59 Å². The highest BCUT2D eigenvalue weighted by Crippen LogP contribution is 2.46. The first-order valence-electron chi connectivity index (χ1n) is 18.3. The number of fused-ring (bicyclic) bond motifs is 2. The number of halogens is 2. The zero-order valence-corrected chi connectivity index (χ0v) is 32.5. The van der Waals surface area contributed by atoms with E-state index in [0.29, 0.717) is 78.1 Å². The molecule has 0 amide bonds. The Labute approximate surface area is 325 Å². The maximum Gasteiger partial charge on any atom is 0.319 e. The second kappa shape index (κ2) is 18.2. The van der Waals surface area contributed by atoms with E-state index in [1.165, 1.54) is 29.4 Å². The van der Waals surface area contributed by atoms with Crippen LogP contribution in [0.25, 0.3) is 11.1 Å². The standard InChI is InChI=1S/C41H45Cl2N3O8/c1-5-51-36(47)15-7-10-24-20-32(42)40(45-38(24)49-3)53-34-18-16-28-26(11-8-13-30(28)34)27-12-9-14-31-29(27)17-19-35(31)54-41-33(43)21-25(39(46-41)50-4)22-44-23-37(48)52-6-2/h8-9,11-14,20-21,34-35,44H,5-7,10,15-19,22-23H2,1-4H3/t34-,35-/m0/s1. The molecule has 2 heterocycles. The Morgan fingerprint density at radius 1 is 0.741 bits per heavy atom. The number of carbonyl (C=O) groups excluding carboxylic acids is 2. The summed E-state index contributed by atoms with van der Waals surface area (Å²) in [7, 11) is 3.10. The van der Waals surface area contributed by atoms with Crippen molar-refractivity contribution in [2.45, 2.75) is 77.5 Å². The normalized spacial score (nSPS) is 15.7. The fourth-order valence-corrected chi connectivity index (χ4v) is 7.67. The SMILES string of the molecule is CCOC(=O)CCCc1cc(Cl)c(O[C@H]2CCc3c(-c4cccc5c4CC[C@@H]5Oc4nc(OC)c(CNCC(=O)OCC)cc4Cl)cccc32)nc1OC. The van der Waals surface area contributed by atoms with Gasteiger partial charge >= 0.3 is 11.9 Å². The van der Waals surface area contributed by atoms with E-state index >= 15 is 0 Å². The Bertz CT molecular complexity index is 1850. The van der Waals surface area contributed by atoms with E-state index in [4.69, 9.17) is 51.6 Å². The summed E-state index contributed by atoms with van der Waals surface area (Å²) in [6, 6.07) is 16.2. The Balaban J connectivity index is 1.17. The molecular weight excluding hydrogens is 733 g/mol. The third-order valence-electron chi connectivity index (χ3n) is 9.60. The number of rotatable bonds is 17. The number of aryl methyl sites for hydroxylation is 1. The third kappa shape index (κ3) is 8.86. The van der Waals surface area contributed by atoms with Crippen LogP contribution in [0.5, 0.6) is 23.5 Å². The Kier molecular flexibility index (Phi) is 13.2. The fourth-order valence-electron chi connectivity index (χ4n) is 7.23. The molecule has 2 aliphatic carbocycles. The summed E-state index contributed by atoms with van der Waals surface area (Å²) < 4.78 is 34.1. The lowest BCUT2D eigenvalue weighted by atomic mass is 9.91. The first kappa shape index (κ1) is 39.1. The van der Waals surface area contributed by atoms with Gasteiger partial charge in [-0.2, -0.15) is 9.97 Å². The number of methoxy groups -OCH3 is 2. The number of pyridine rings is 2. The maximum absolute atomic E-state index is 11.8. The molecule has 1 N–H and O–H groups in total. The Morgan fingerprint density at radius 3 is 1.80 bits per heavy atom. The number of nitrogens with one attached hydrogen (secondary N) is 1. The monoisotopic (exact) mass is 777 g/mol. The van der Waals surface area contributed by atoms with Gasteiger partial charge in [-0.15, -0.1) is 0 Å². The predicted molar refractivity (Wildman–Crippen MR) is 205 cm³/mol. The van der Waals surface area contributed by atoms with Crippen LogP contribution in [0, 0.1) is 0 Å². The smallest absolute Gasteiger partial charge is 0.319 e. The molecule has 0 spiro atoms. The molecule has 2 atom stereocenters. The summed E-state index contributed by atoms with van der Waals surface area (Å²) >= 11 is 13.4. The highest BCUT2D eigenvalue weighted by Gasteiger charge is 2.32. The van der Waals surface area contributed by atoms with Crippen molar-refractivity contribution >= 4 is 35.1 Å². The molecule has 0 saturated carbocycles. The summed E-state index contributed by atoms with van der Waals surface area (Å²) in [6.45, 7) is 4.62. The van der Waals surface area contributed by atoms with Gasteiger partial charge in [0.1, 0.15) is 22.3 Å². The topological polar surface area (TPSA) is 127 Å². The zero-order chi connectivity index (χ0) is 38.2. The van der Waals surface area contributed by atoms with Crippen molar-refractivity contribution in [1.29, 1.82) is 0 Å². The number of hydrogen-bond donors (Lipinski definition) is 1. The number of benzene rings is 2. The number of esters is 2. The van der Waals surface area contributed by atoms with Crippen molar-refractivity contribution < 1.29 is 38.0 Å². The van der Waals surface area contributed by atoms with Gasteiger partial charge < -0.3 is 33.7 Å². The van der Waals surface area contributed by atoms with E-state index in [1.807, 2.05) is 6.07 Å². The molecule has 11 nitrogen and oxygen atoms in total. The molecule has 54 heavy (non-hydrogen) atoms. The summed E-state index contributed by atoms with van der Waals surface area (Å²) in [4.78, 5) is 32.8. The van der Waals surface area contributed by atoms with Crippen LogP contribution < -0.4 is 24.3 Å². The maximum atomic E-state index is 11.8. The average molecular weight is 779 g/mol. The molecule has 0 saturated heterocycles. The molecule has 2 aromatic heterocycles. The van der Waals surface area contributed by atoms with Crippen LogP contribution in [0.2, 0.25) is 10.0 Å². The molecule has 286 valence electrons. The van der Waals surface area contributed by atoms with Gasteiger partial charge in [0.15, 0.2) is 0 Å².